The first-order valence-electron chi connectivity index (χ1n) is 7.51. The Bertz CT molecular complexity index is 648. The highest BCUT2D eigenvalue weighted by atomic mass is 79.9. The predicted octanol–water partition coefficient (Wildman–Crippen LogP) is 4.06. The number of halogens is 1. The van der Waals surface area contributed by atoms with Crippen molar-refractivity contribution in [3.63, 3.8) is 0 Å². The first-order valence-corrected chi connectivity index (χ1v) is 8.63. The van der Waals surface area contributed by atoms with Crippen LogP contribution >= 0.6 is 15.9 Å². The fourth-order valence-electron chi connectivity index (χ4n) is 2.78. The van der Waals surface area contributed by atoms with E-state index in [1.165, 1.54) is 23.6 Å². The zero-order valence-corrected chi connectivity index (χ0v) is 13.7. The molecule has 1 fully saturated rings. The van der Waals surface area contributed by atoms with Gasteiger partial charge in [0.25, 0.3) is 0 Å². The summed E-state index contributed by atoms with van der Waals surface area (Å²) in [7, 11) is 0. The number of carbonyl (C=O) groups excluding carboxylic acids is 1. The molecule has 0 aromatic heterocycles. The zero-order chi connectivity index (χ0) is 14.7. The molecule has 0 saturated heterocycles. The average molecular weight is 346 g/mol. The molecule has 0 atom stereocenters. The van der Waals surface area contributed by atoms with Crippen LogP contribution in [0.25, 0.3) is 10.8 Å². The molecule has 0 spiro atoms. The molecule has 1 N–H and O–H groups in total. The summed E-state index contributed by atoms with van der Waals surface area (Å²) in [6.45, 7) is 0.824. The third kappa shape index (κ3) is 3.65. The molecule has 1 saturated carbocycles. The molecule has 1 aliphatic carbocycles. The fourth-order valence-corrected chi connectivity index (χ4v) is 3.62. The number of benzene rings is 2. The average Bonchev–Trinajstić information content (AvgIpc) is 3.26. The molecule has 2 aromatic rings. The van der Waals surface area contributed by atoms with Crippen LogP contribution in [0.4, 0.5) is 0 Å². The van der Waals surface area contributed by atoms with Gasteiger partial charge in [0.05, 0.1) is 6.42 Å². The van der Waals surface area contributed by atoms with E-state index in [0.29, 0.717) is 11.8 Å². The fraction of sp³-hybridized carbons (Fsp3) is 0.389. The van der Waals surface area contributed by atoms with Crippen LogP contribution in [0.5, 0.6) is 0 Å². The minimum Gasteiger partial charge on any atom is -0.355 e. The third-order valence-corrected chi connectivity index (χ3v) is 4.82. The van der Waals surface area contributed by atoms with Gasteiger partial charge >= 0.3 is 0 Å². The van der Waals surface area contributed by atoms with Gasteiger partial charge in [-0.3, -0.25) is 4.79 Å². The number of hydrogen-bond donors (Lipinski definition) is 1. The number of carbonyl (C=O) groups is 1. The minimum atomic E-state index is 0.131. The van der Waals surface area contributed by atoms with Crippen LogP contribution in [0.3, 0.4) is 0 Å². The van der Waals surface area contributed by atoms with E-state index in [2.05, 4.69) is 45.5 Å². The van der Waals surface area contributed by atoms with Crippen molar-refractivity contribution >= 4 is 32.6 Å². The summed E-state index contributed by atoms with van der Waals surface area (Å²) < 4.78 is 0. The van der Waals surface area contributed by atoms with Gasteiger partial charge in [0.1, 0.15) is 0 Å². The van der Waals surface area contributed by atoms with Gasteiger partial charge in [-0.2, -0.15) is 0 Å². The number of nitrogens with one attached hydrogen (secondary N) is 1. The van der Waals surface area contributed by atoms with E-state index in [1.54, 1.807) is 0 Å². The largest absolute Gasteiger partial charge is 0.355 e. The van der Waals surface area contributed by atoms with Gasteiger partial charge in [-0.25, -0.2) is 0 Å². The standard InChI is InChI=1S/C18H20BrNO/c19-10-9-18(7-8-18)13-20-17(21)12-14-5-6-15-3-1-2-4-16(15)11-14/h1-6,11H,7-10,12-13H2,(H,20,21). The van der Waals surface area contributed by atoms with Crippen molar-refractivity contribution in [1.82, 2.24) is 5.32 Å². The van der Waals surface area contributed by atoms with Crippen molar-refractivity contribution in [2.24, 2.45) is 5.41 Å². The van der Waals surface area contributed by atoms with Crippen LogP contribution in [0.1, 0.15) is 24.8 Å². The summed E-state index contributed by atoms with van der Waals surface area (Å²) in [6.07, 6.45) is 4.11. The van der Waals surface area contributed by atoms with Crippen LogP contribution < -0.4 is 5.32 Å². The van der Waals surface area contributed by atoms with Crippen LogP contribution in [0.15, 0.2) is 42.5 Å². The number of amides is 1. The van der Waals surface area contributed by atoms with Gasteiger partial charge in [0, 0.05) is 11.9 Å². The number of hydrogen-bond acceptors (Lipinski definition) is 1. The summed E-state index contributed by atoms with van der Waals surface area (Å²) in [6, 6.07) is 14.5. The highest BCUT2D eigenvalue weighted by Crippen LogP contribution is 2.48. The van der Waals surface area contributed by atoms with Crippen molar-refractivity contribution in [2.45, 2.75) is 25.7 Å². The minimum absolute atomic E-state index is 0.131. The van der Waals surface area contributed by atoms with Gasteiger partial charge in [-0.15, -0.1) is 0 Å². The summed E-state index contributed by atoms with van der Waals surface area (Å²) in [5, 5.41) is 6.54. The lowest BCUT2D eigenvalue weighted by Gasteiger charge is -2.14. The van der Waals surface area contributed by atoms with E-state index in [4.69, 9.17) is 0 Å². The highest BCUT2D eigenvalue weighted by Gasteiger charge is 2.41. The Morgan fingerprint density at radius 1 is 1.14 bits per heavy atom. The molecular formula is C18H20BrNO. The van der Waals surface area contributed by atoms with Gasteiger partial charge in [0.2, 0.25) is 5.91 Å². The van der Waals surface area contributed by atoms with E-state index < -0.39 is 0 Å². The van der Waals surface area contributed by atoms with Crippen molar-refractivity contribution in [3.05, 3.63) is 48.0 Å². The second-order valence-electron chi connectivity index (χ2n) is 6.07. The van der Waals surface area contributed by atoms with E-state index >= 15 is 0 Å². The Morgan fingerprint density at radius 2 is 1.90 bits per heavy atom. The molecule has 2 aromatic carbocycles. The van der Waals surface area contributed by atoms with Crippen LogP contribution in [-0.4, -0.2) is 17.8 Å². The molecule has 3 rings (SSSR count). The smallest absolute Gasteiger partial charge is 0.224 e. The third-order valence-electron chi connectivity index (χ3n) is 4.42. The Hall–Kier alpha value is -1.35. The monoisotopic (exact) mass is 345 g/mol. The Balaban J connectivity index is 1.58. The van der Waals surface area contributed by atoms with Gasteiger partial charge < -0.3 is 5.32 Å². The Morgan fingerprint density at radius 3 is 2.62 bits per heavy atom. The second kappa shape index (κ2) is 6.18. The predicted molar refractivity (Wildman–Crippen MR) is 90.7 cm³/mol. The van der Waals surface area contributed by atoms with Crippen LogP contribution in [0.2, 0.25) is 0 Å². The first-order chi connectivity index (χ1) is 10.2. The van der Waals surface area contributed by atoms with Gasteiger partial charge in [-0.1, -0.05) is 58.4 Å². The Labute approximate surface area is 134 Å². The van der Waals surface area contributed by atoms with Gasteiger partial charge in [-0.05, 0) is 41.0 Å². The first kappa shape index (κ1) is 14.6. The SMILES string of the molecule is O=C(Cc1ccc2ccccc2c1)NCC1(CCBr)CC1. The van der Waals surface area contributed by atoms with E-state index in [9.17, 15) is 4.79 Å². The lowest BCUT2D eigenvalue weighted by atomic mass is 10.0. The maximum atomic E-state index is 12.1. The molecular weight excluding hydrogens is 326 g/mol. The molecule has 110 valence electrons. The second-order valence-corrected chi connectivity index (χ2v) is 6.87. The van der Waals surface area contributed by atoms with Gasteiger partial charge in [0.15, 0.2) is 0 Å². The molecule has 0 heterocycles. The quantitative estimate of drug-likeness (QED) is 0.785. The van der Waals surface area contributed by atoms with E-state index in [-0.39, 0.29) is 5.91 Å². The molecule has 2 nitrogen and oxygen atoms in total. The topological polar surface area (TPSA) is 29.1 Å². The molecule has 0 aliphatic heterocycles. The van der Waals surface area contributed by atoms with E-state index in [0.717, 1.165) is 23.9 Å². The highest BCUT2D eigenvalue weighted by molar-refractivity contribution is 9.09. The maximum Gasteiger partial charge on any atom is 0.224 e. The molecule has 0 bridgehead atoms. The lowest BCUT2D eigenvalue weighted by Crippen LogP contribution is -2.31. The van der Waals surface area contributed by atoms with E-state index in [1.807, 2.05) is 18.2 Å². The van der Waals surface area contributed by atoms with Crippen molar-refractivity contribution < 1.29 is 4.79 Å². The van der Waals surface area contributed by atoms with Crippen molar-refractivity contribution in [2.75, 3.05) is 11.9 Å². The van der Waals surface area contributed by atoms with Crippen LogP contribution in [-0.2, 0) is 11.2 Å². The summed E-state index contributed by atoms with van der Waals surface area (Å²) in [5.41, 5.74) is 1.46. The molecule has 0 unspecified atom stereocenters. The lowest BCUT2D eigenvalue weighted by molar-refractivity contribution is -0.120. The molecule has 3 heteroatoms. The summed E-state index contributed by atoms with van der Waals surface area (Å²) in [5.74, 6) is 0.131. The maximum absolute atomic E-state index is 12.1. The van der Waals surface area contributed by atoms with Crippen molar-refractivity contribution in [3.8, 4) is 0 Å². The summed E-state index contributed by atoms with van der Waals surface area (Å²) in [4.78, 5) is 12.1. The normalized spacial score (nSPS) is 15.9. The Kier molecular flexibility index (Phi) is 4.29. The number of fused-ring (bicyclic) bond motifs is 1. The molecule has 21 heavy (non-hydrogen) atoms. The van der Waals surface area contributed by atoms with Crippen molar-refractivity contribution in [1.29, 1.82) is 0 Å². The number of rotatable bonds is 6. The molecule has 0 radical (unpaired) electrons. The summed E-state index contributed by atoms with van der Waals surface area (Å²) >= 11 is 3.50. The van der Waals surface area contributed by atoms with Crippen LogP contribution in [0, 0.1) is 5.41 Å². The zero-order valence-electron chi connectivity index (χ0n) is 12.1. The molecule has 1 aliphatic rings. The number of alkyl halides is 1. The molecule has 1 amide bonds.